The average Bonchev–Trinajstić information content (AvgIpc) is 3.10. The number of aryl methyl sites for hydroxylation is 2. The number of hydrogen-bond acceptors (Lipinski definition) is 7. The molecule has 0 bridgehead atoms. The van der Waals surface area contributed by atoms with Crippen LogP contribution in [-0.4, -0.2) is 26.8 Å². The second kappa shape index (κ2) is 8.05. The Morgan fingerprint density at radius 1 is 1.22 bits per heavy atom. The quantitative estimate of drug-likeness (QED) is 0.627. The summed E-state index contributed by atoms with van der Waals surface area (Å²) in [7, 11) is 0. The number of carbonyl (C=O) groups is 2. The van der Waals surface area contributed by atoms with Gasteiger partial charge in [0.25, 0.3) is 0 Å². The lowest BCUT2D eigenvalue weighted by molar-refractivity contribution is -0.115. The molecule has 8 heteroatoms. The standard InChI is InChI=1S/C19H18N4O3S/c1-12-4-5-17(13(2)8-12)23(14(3)24)19-22-15(11-27-19)10-26-18(25)16-9-20-6-7-21-16/h4-9,11H,10H2,1-3H3. The lowest BCUT2D eigenvalue weighted by atomic mass is 10.1. The maximum Gasteiger partial charge on any atom is 0.358 e. The second-order valence-electron chi connectivity index (χ2n) is 5.93. The number of anilines is 2. The number of benzene rings is 1. The summed E-state index contributed by atoms with van der Waals surface area (Å²) in [5.74, 6) is -0.713. The Morgan fingerprint density at radius 3 is 2.70 bits per heavy atom. The highest BCUT2D eigenvalue weighted by Crippen LogP contribution is 2.31. The van der Waals surface area contributed by atoms with Crippen molar-refractivity contribution in [1.29, 1.82) is 0 Å². The van der Waals surface area contributed by atoms with Crippen molar-refractivity contribution < 1.29 is 14.3 Å². The zero-order chi connectivity index (χ0) is 19.4. The van der Waals surface area contributed by atoms with Crippen LogP contribution in [-0.2, 0) is 16.1 Å². The fraction of sp³-hybridized carbons (Fsp3) is 0.211. The van der Waals surface area contributed by atoms with Gasteiger partial charge in [0.05, 0.1) is 17.6 Å². The molecule has 0 aliphatic rings. The summed E-state index contributed by atoms with van der Waals surface area (Å²) in [6.45, 7) is 5.44. The van der Waals surface area contributed by atoms with Crippen molar-refractivity contribution in [3.05, 3.63) is 64.7 Å². The smallest absolute Gasteiger partial charge is 0.358 e. The molecule has 0 N–H and O–H groups in total. The normalized spacial score (nSPS) is 10.5. The van der Waals surface area contributed by atoms with Crippen LogP contribution in [0, 0.1) is 13.8 Å². The van der Waals surface area contributed by atoms with Crippen molar-refractivity contribution in [1.82, 2.24) is 15.0 Å². The van der Waals surface area contributed by atoms with Crippen LogP contribution >= 0.6 is 11.3 Å². The third-order valence-electron chi connectivity index (χ3n) is 3.76. The third kappa shape index (κ3) is 4.35. The van der Waals surface area contributed by atoms with Crippen LogP contribution in [0.3, 0.4) is 0 Å². The molecule has 0 fully saturated rings. The van der Waals surface area contributed by atoms with Crippen molar-refractivity contribution in [2.24, 2.45) is 0 Å². The lowest BCUT2D eigenvalue weighted by Gasteiger charge is -2.20. The van der Waals surface area contributed by atoms with Gasteiger partial charge in [-0.3, -0.25) is 14.7 Å². The van der Waals surface area contributed by atoms with Crippen molar-refractivity contribution >= 4 is 34.0 Å². The van der Waals surface area contributed by atoms with Crippen LogP contribution in [0.2, 0.25) is 0 Å². The molecule has 0 aliphatic carbocycles. The Labute approximate surface area is 160 Å². The topological polar surface area (TPSA) is 85.3 Å². The van der Waals surface area contributed by atoms with E-state index < -0.39 is 5.97 Å². The fourth-order valence-electron chi connectivity index (χ4n) is 2.55. The van der Waals surface area contributed by atoms with E-state index in [2.05, 4.69) is 15.0 Å². The minimum Gasteiger partial charge on any atom is -0.454 e. The molecule has 1 amide bonds. The molecule has 7 nitrogen and oxygen atoms in total. The number of rotatable bonds is 5. The summed E-state index contributed by atoms with van der Waals surface area (Å²) in [6.07, 6.45) is 4.24. The Morgan fingerprint density at radius 2 is 2.04 bits per heavy atom. The van der Waals surface area contributed by atoms with E-state index in [1.165, 1.54) is 36.9 Å². The molecule has 0 aliphatic heterocycles. The molecule has 3 rings (SSSR count). The Balaban J connectivity index is 1.76. The molecule has 0 unspecified atom stereocenters. The minimum atomic E-state index is -0.574. The first-order chi connectivity index (χ1) is 13.0. The van der Waals surface area contributed by atoms with E-state index in [-0.39, 0.29) is 18.2 Å². The molecule has 0 spiro atoms. The molecular formula is C19H18N4O3S. The number of ether oxygens (including phenoxy) is 1. The predicted molar refractivity (Wildman–Crippen MR) is 102 cm³/mol. The summed E-state index contributed by atoms with van der Waals surface area (Å²) in [4.78, 5) is 37.9. The van der Waals surface area contributed by atoms with Crippen molar-refractivity contribution in [2.45, 2.75) is 27.4 Å². The summed E-state index contributed by atoms with van der Waals surface area (Å²) >= 11 is 1.32. The largest absolute Gasteiger partial charge is 0.454 e. The Hall–Kier alpha value is -3.13. The molecule has 0 saturated carbocycles. The first kappa shape index (κ1) is 18.7. The maximum absolute atomic E-state index is 12.2. The van der Waals surface area contributed by atoms with Gasteiger partial charge in [-0.1, -0.05) is 17.7 Å². The van der Waals surface area contributed by atoms with Crippen molar-refractivity contribution in [3.8, 4) is 0 Å². The van der Waals surface area contributed by atoms with Crippen LogP contribution in [0.5, 0.6) is 0 Å². The van der Waals surface area contributed by atoms with Gasteiger partial charge in [-0.15, -0.1) is 11.3 Å². The van der Waals surface area contributed by atoms with E-state index in [0.717, 1.165) is 16.8 Å². The summed E-state index contributed by atoms with van der Waals surface area (Å²) in [5, 5.41) is 2.29. The monoisotopic (exact) mass is 382 g/mol. The second-order valence-corrected chi connectivity index (χ2v) is 6.77. The Bertz CT molecular complexity index is 972. The molecule has 1 aromatic carbocycles. The van der Waals surface area contributed by atoms with Gasteiger partial charge in [-0.2, -0.15) is 0 Å². The van der Waals surface area contributed by atoms with E-state index in [1.54, 1.807) is 10.3 Å². The number of aromatic nitrogens is 3. The van der Waals surface area contributed by atoms with Gasteiger partial charge in [0, 0.05) is 24.7 Å². The van der Waals surface area contributed by atoms with Gasteiger partial charge in [0.15, 0.2) is 10.8 Å². The van der Waals surface area contributed by atoms with E-state index >= 15 is 0 Å². The zero-order valence-electron chi connectivity index (χ0n) is 15.2. The highest BCUT2D eigenvalue weighted by molar-refractivity contribution is 7.14. The van der Waals surface area contributed by atoms with Gasteiger partial charge in [-0.25, -0.2) is 14.8 Å². The molecule has 3 aromatic rings. The molecule has 2 heterocycles. The summed E-state index contributed by atoms with van der Waals surface area (Å²) in [5.41, 5.74) is 3.58. The number of thiazole rings is 1. The first-order valence-corrected chi connectivity index (χ1v) is 9.09. The van der Waals surface area contributed by atoms with Gasteiger partial charge in [0.1, 0.15) is 6.61 Å². The van der Waals surface area contributed by atoms with Crippen LogP contribution < -0.4 is 4.90 Å². The average molecular weight is 382 g/mol. The number of amides is 1. The molecule has 27 heavy (non-hydrogen) atoms. The first-order valence-electron chi connectivity index (χ1n) is 8.21. The van der Waals surface area contributed by atoms with E-state index in [0.29, 0.717) is 10.8 Å². The molecule has 0 saturated heterocycles. The molecule has 0 atom stereocenters. The highest BCUT2D eigenvalue weighted by Gasteiger charge is 2.20. The van der Waals surface area contributed by atoms with Crippen LogP contribution in [0.4, 0.5) is 10.8 Å². The van der Waals surface area contributed by atoms with E-state index in [4.69, 9.17) is 4.74 Å². The van der Waals surface area contributed by atoms with Crippen LogP contribution in [0.25, 0.3) is 0 Å². The zero-order valence-corrected chi connectivity index (χ0v) is 16.0. The van der Waals surface area contributed by atoms with Crippen molar-refractivity contribution in [2.75, 3.05) is 4.90 Å². The Kier molecular flexibility index (Phi) is 5.56. The number of esters is 1. The minimum absolute atomic E-state index is 0.00939. The molecule has 138 valence electrons. The van der Waals surface area contributed by atoms with E-state index in [9.17, 15) is 9.59 Å². The SMILES string of the molecule is CC(=O)N(c1nc(COC(=O)c2cnccn2)cs1)c1ccc(C)cc1C. The number of hydrogen-bond donors (Lipinski definition) is 0. The molecule has 2 aromatic heterocycles. The van der Waals surface area contributed by atoms with Gasteiger partial charge >= 0.3 is 5.97 Å². The summed E-state index contributed by atoms with van der Waals surface area (Å²) in [6, 6.07) is 5.87. The number of nitrogens with zero attached hydrogens (tertiary/aromatic N) is 4. The van der Waals surface area contributed by atoms with Crippen molar-refractivity contribution in [3.63, 3.8) is 0 Å². The molecule has 0 radical (unpaired) electrons. The van der Waals surface area contributed by atoms with Gasteiger partial charge < -0.3 is 4.74 Å². The van der Waals surface area contributed by atoms with Gasteiger partial charge in [-0.05, 0) is 25.5 Å². The van der Waals surface area contributed by atoms with Gasteiger partial charge in [0.2, 0.25) is 5.91 Å². The fourth-order valence-corrected chi connectivity index (χ4v) is 3.41. The maximum atomic E-state index is 12.2. The third-order valence-corrected chi connectivity index (χ3v) is 4.64. The highest BCUT2D eigenvalue weighted by atomic mass is 32.1. The molecular weight excluding hydrogens is 364 g/mol. The lowest BCUT2D eigenvalue weighted by Crippen LogP contribution is -2.23. The van der Waals surface area contributed by atoms with Crippen LogP contribution in [0.15, 0.2) is 42.2 Å². The predicted octanol–water partition coefficient (Wildman–Crippen LogP) is 3.59. The van der Waals surface area contributed by atoms with E-state index in [1.807, 2.05) is 32.0 Å². The summed E-state index contributed by atoms with van der Waals surface area (Å²) < 4.78 is 5.21. The number of carbonyl (C=O) groups excluding carboxylic acids is 2. The van der Waals surface area contributed by atoms with Crippen LogP contribution in [0.1, 0.15) is 34.2 Å².